The van der Waals surface area contributed by atoms with Gasteiger partial charge in [0.25, 0.3) is 5.91 Å². The molecule has 4 N–H and O–H groups in total. The third-order valence-corrected chi connectivity index (χ3v) is 4.79. The van der Waals surface area contributed by atoms with Gasteiger partial charge in [-0.3, -0.25) is 4.79 Å². The standard InChI is InChI=1S/C13H17N3O3S/c1-2-20(18,19)6-5-15-13(17)11-8-16-12-4-3-9(14)7-10(11)12/h3-4,7-8,16H,2,5-6,14H2,1H3,(H,15,17). The van der Waals surface area contributed by atoms with Crippen molar-refractivity contribution in [1.29, 1.82) is 0 Å². The predicted octanol–water partition coefficient (Wildman–Crippen LogP) is 0.915. The number of rotatable bonds is 5. The van der Waals surface area contributed by atoms with Crippen LogP contribution in [0, 0.1) is 0 Å². The van der Waals surface area contributed by atoms with Crippen LogP contribution in [0.2, 0.25) is 0 Å². The number of hydrogen-bond donors (Lipinski definition) is 3. The topological polar surface area (TPSA) is 105 Å². The van der Waals surface area contributed by atoms with Gasteiger partial charge in [-0.2, -0.15) is 0 Å². The van der Waals surface area contributed by atoms with Crippen molar-refractivity contribution in [1.82, 2.24) is 10.3 Å². The lowest BCUT2D eigenvalue weighted by Crippen LogP contribution is -2.29. The fourth-order valence-corrected chi connectivity index (χ4v) is 2.59. The Morgan fingerprint density at radius 2 is 2.15 bits per heavy atom. The van der Waals surface area contributed by atoms with Crippen LogP contribution < -0.4 is 11.1 Å². The van der Waals surface area contributed by atoms with E-state index in [1.807, 2.05) is 0 Å². The Morgan fingerprint density at radius 1 is 1.40 bits per heavy atom. The number of hydrogen-bond acceptors (Lipinski definition) is 4. The van der Waals surface area contributed by atoms with Crippen molar-refractivity contribution >= 4 is 32.3 Å². The highest BCUT2D eigenvalue weighted by atomic mass is 32.2. The molecule has 0 saturated carbocycles. The lowest BCUT2D eigenvalue weighted by atomic mass is 10.1. The Kier molecular flexibility index (Phi) is 3.99. The van der Waals surface area contributed by atoms with E-state index in [-0.39, 0.29) is 24.0 Å². The maximum absolute atomic E-state index is 12.0. The van der Waals surface area contributed by atoms with Gasteiger partial charge in [0.15, 0.2) is 9.84 Å². The Hall–Kier alpha value is -2.02. The molecule has 6 nitrogen and oxygen atoms in total. The number of H-pyrrole nitrogens is 1. The average molecular weight is 295 g/mol. The van der Waals surface area contributed by atoms with E-state index in [1.54, 1.807) is 31.3 Å². The Balaban J connectivity index is 2.10. The number of fused-ring (bicyclic) bond motifs is 1. The van der Waals surface area contributed by atoms with Crippen molar-refractivity contribution in [3.05, 3.63) is 30.0 Å². The van der Waals surface area contributed by atoms with E-state index in [1.165, 1.54) is 0 Å². The van der Waals surface area contributed by atoms with E-state index in [2.05, 4.69) is 10.3 Å². The summed E-state index contributed by atoms with van der Waals surface area (Å²) in [4.78, 5) is 15.0. The zero-order chi connectivity index (χ0) is 14.8. The first kappa shape index (κ1) is 14.4. The molecule has 1 amide bonds. The number of nitrogens with one attached hydrogen (secondary N) is 2. The third-order valence-electron chi connectivity index (χ3n) is 3.09. The Morgan fingerprint density at radius 3 is 2.85 bits per heavy atom. The van der Waals surface area contributed by atoms with Crippen LogP contribution in [0.15, 0.2) is 24.4 Å². The van der Waals surface area contributed by atoms with Crippen LogP contribution in [0.4, 0.5) is 5.69 Å². The van der Waals surface area contributed by atoms with Gasteiger partial charge in [-0.25, -0.2) is 8.42 Å². The van der Waals surface area contributed by atoms with Gasteiger partial charge in [0.1, 0.15) is 0 Å². The summed E-state index contributed by atoms with van der Waals surface area (Å²) in [6, 6.07) is 5.25. The molecule has 0 saturated heterocycles. The van der Waals surface area contributed by atoms with Crippen LogP contribution in [0.1, 0.15) is 17.3 Å². The largest absolute Gasteiger partial charge is 0.399 e. The fourth-order valence-electron chi connectivity index (χ4n) is 1.89. The molecule has 0 bridgehead atoms. The number of nitrogens with two attached hydrogens (primary N) is 1. The van der Waals surface area contributed by atoms with Crippen LogP contribution in [0.5, 0.6) is 0 Å². The second-order valence-corrected chi connectivity index (χ2v) is 6.97. The number of aromatic nitrogens is 1. The first-order valence-corrected chi connectivity index (χ1v) is 8.10. The molecule has 0 aliphatic rings. The first-order valence-electron chi connectivity index (χ1n) is 6.28. The number of carbonyl (C=O) groups excluding carboxylic acids is 1. The Bertz CT molecular complexity index is 734. The highest BCUT2D eigenvalue weighted by Gasteiger charge is 2.13. The molecule has 0 fully saturated rings. The highest BCUT2D eigenvalue weighted by molar-refractivity contribution is 7.91. The van der Waals surface area contributed by atoms with Crippen molar-refractivity contribution in [2.45, 2.75) is 6.92 Å². The number of anilines is 1. The van der Waals surface area contributed by atoms with Gasteiger partial charge in [-0.15, -0.1) is 0 Å². The summed E-state index contributed by atoms with van der Waals surface area (Å²) >= 11 is 0. The van der Waals surface area contributed by atoms with Gasteiger partial charge < -0.3 is 16.0 Å². The van der Waals surface area contributed by atoms with E-state index >= 15 is 0 Å². The van der Waals surface area contributed by atoms with Crippen molar-refractivity contribution in [3.8, 4) is 0 Å². The minimum Gasteiger partial charge on any atom is -0.399 e. The number of amides is 1. The van der Waals surface area contributed by atoms with Crippen molar-refractivity contribution in [2.75, 3.05) is 23.8 Å². The summed E-state index contributed by atoms with van der Waals surface area (Å²) in [7, 11) is -3.08. The zero-order valence-corrected chi connectivity index (χ0v) is 12.0. The fraction of sp³-hybridized carbons (Fsp3) is 0.308. The number of nitrogen functional groups attached to an aromatic ring is 1. The molecule has 0 aliphatic heterocycles. The van der Waals surface area contributed by atoms with Gasteiger partial charge in [0.05, 0.1) is 11.3 Å². The molecule has 0 spiro atoms. The molecule has 2 aromatic rings. The van der Waals surface area contributed by atoms with Crippen LogP contribution in [-0.2, 0) is 9.84 Å². The zero-order valence-electron chi connectivity index (χ0n) is 11.1. The minimum absolute atomic E-state index is 0.0558. The summed E-state index contributed by atoms with van der Waals surface area (Å²) in [5.41, 5.74) is 7.54. The van der Waals surface area contributed by atoms with E-state index in [0.29, 0.717) is 11.3 Å². The molecule has 1 aromatic heterocycles. The molecule has 0 unspecified atom stereocenters. The SMILES string of the molecule is CCS(=O)(=O)CCNC(=O)c1c[nH]c2ccc(N)cc12. The van der Waals surface area contributed by atoms with Crippen molar-refractivity contribution in [3.63, 3.8) is 0 Å². The molecule has 108 valence electrons. The maximum Gasteiger partial charge on any atom is 0.253 e. The molecular weight excluding hydrogens is 278 g/mol. The average Bonchev–Trinajstić information content (AvgIpc) is 2.81. The van der Waals surface area contributed by atoms with E-state index < -0.39 is 9.84 Å². The van der Waals surface area contributed by atoms with Gasteiger partial charge in [-0.05, 0) is 18.2 Å². The molecule has 0 aliphatic carbocycles. The lowest BCUT2D eigenvalue weighted by molar-refractivity contribution is 0.0958. The summed E-state index contributed by atoms with van der Waals surface area (Å²) in [5.74, 6) is -0.292. The number of sulfone groups is 1. The highest BCUT2D eigenvalue weighted by Crippen LogP contribution is 2.20. The van der Waals surface area contributed by atoms with E-state index in [0.717, 1.165) is 10.9 Å². The molecule has 2 rings (SSSR count). The maximum atomic E-state index is 12.0. The van der Waals surface area contributed by atoms with Crippen LogP contribution >= 0.6 is 0 Å². The van der Waals surface area contributed by atoms with Gasteiger partial charge in [0, 0.05) is 35.1 Å². The van der Waals surface area contributed by atoms with E-state index in [9.17, 15) is 13.2 Å². The molecule has 1 heterocycles. The molecule has 1 aromatic carbocycles. The van der Waals surface area contributed by atoms with Gasteiger partial charge in [-0.1, -0.05) is 6.92 Å². The normalized spacial score (nSPS) is 11.7. The number of aromatic amines is 1. The molecule has 0 radical (unpaired) electrons. The van der Waals surface area contributed by atoms with E-state index in [4.69, 9.17) is 5.73 Å². The lowest BCUT2D eigenvalue weighted by Gasteiger charge is -2.04. The summed E-state index contributed by atoms with van der Waals surface area (Å²) in [6.07, 6.45) is 1.59. The number of carbonyl (C=O) groups is 1. The monoisotopic (exact) mass is 295 g/mol. The summed E-state index contributed by atoms with van der Waals surface area (Å²) in [5, 5.41) is 3.33. The van der Waals surface area contributed by atoms with Crippen molar-refractivity contribution in [2.24, 2.45) is 0 Å². The third kappa shape index (κ3) is 3.11. The minimum atomic E-state index is -3.08. The summed E-state index contributed by atoms with van der Waals surface area (Å²) < 4.78 is 22.7. The van der Waals surface area contributed by atoms with Gasteiger partial charge >= 0.3 is 0 Å². The first-order chi connectivity index (χ1) is 9.43. The molecule has 7 heteroatoms. The summed E-state index contributed by atoms with van der Waals surface area (Å²) in [6.45, 7) is 1.68. The molecule has 0 atom stereocenters. The predicted molar refractivity (Wildman–Crippen MR) is 79.4 cm³/mol. The van der Waals surface area contributed by atoms with Crippen molar-refractivity contribution < 1.29 is 13.2 Å². The van der Waals surface area contributed by atoms with Crippen LogP contribution in [0.3, 0.4) is 0 Å². The van der Waals surface area contributed by atoms with Crippen LogP contribution in [0.25, 0.3) is 10.9 Å². The quantitative estimate of drug-likeness (QED) is 0.713. The number of benzene rings is 1. The molecule has 20 heavy (non-hydrogen) atoms. The second-order valence-electron chi connectivity index (χ2n) is 4.50. The van der Waals surface area contributed by atoms with Crippen LogP contribution in [-0.4, -0.2) is 37.4 Å². The Labute approximate surface area is 117 Å². The molecular formula is C13H17N3O3S. The van der Waals surface area contributed by atoms with Gasteiger partial charge in [0.2, 0.25) is 0 Å². The smallest absolute Gasteiger partial charge is 0.253 e. The second kappa shape index (κ2) is 5.54.